The molecule has 1 saturated heterocycles. The minimum absolute atomic E-state index is 0.100. The minimum Gasteiger partial charge on any atom is -0.394 e. The molecule has 2 amide bonds. The lowest BCUT2D eigenvalue weighted by molar-refractivity contribution is 0.214. The number of hydrogen-bond acceptors (Lipinski definition) is 4. The van der Waals surface area contributed by atoms with E-state index in [1.807, 2.05) is 35.2 Å². The molecule has 1 aliphatic heterocycles. The van der Waals surface area contributed by atoms with Gasteiger partial charge in [0, 0.05) is 25.3 Å². The lowest BCUT2D eigenvalue weighted by Gasteiger charge is -2.20. The number of nitrogens with zero attached hydrogens (tertiary/aromatic N) is 2. The van der Waals surface area contributed by atoms with Crippen LogP contribution in [0.15, 0.2) is 48.7 Å². The van der Waals surface area contributed by atoms with Gasteiger partial charge in [-0.15, -0.1) is 0 Å². The van der Waals surface area contributed by atoms with Crippen LogP contribution in [0, 0.1) is 5.82 Å². The van der Waals surface area contributed by atoms with Crippen molar-refractivity contribution in [1.82, 2.24) is 15.6 Å². The van der Waals surface area contributed by atoms with Crippen molar-refractivity contribution in [2.45, 2.75) is 18.5 Å². The van der Waals surface area contributed by atoms with E-state index in [0.29, 0.717) is 25.3 Å². The Morgan fingerprint density at radius 2 is 2.12 bits per heavy atom. The number of aliphatic hydroxyl groups is 1. The highest BCUT2D eigenvalue weighted by atomic mass is 19.1. The Kier molecular flexibility index (Phi) is 5.45. The first-order valence-electron chi connectivity index (χ1n) is 8.25. The first-order valence-corrected chi connectivity index (χ1v) is 8.25. The molecule has 2 unspecified atom stereocenters. The molecule has 3 rings (SSSR count). The summed E-state index contributed by atoms with van der Waals surface area (Å²) < 4.78 is 13.8. The molecule has 25 heavy (non-hydrogen) atoms. The number of rotatable bonds is 5. The summed E-state index contributed by atoms with van der Waals surface area (Å²) in [4.78, 5) is 18.1. The zero-order chi connectivity index (χ0) is 17.6. The van der Waals surface area contributed by atoms with Crippen LogP contribution >= 0.6 is 0 Å². The molecule has 1 fully saturated rings. The number of nitrogens with one attached hydrogen (secondary N) is 2. The number of anilines is 1. The molecule has 2 atom stereocenters. The minimum atomic E-state index is -0.466. The van der Waals surface area contributed by atoms with Gasteiger partial charge in [0.2, 0.25) is 0 Å². The molecule has 7 heteroatoms. The van der Waals surface area contributed by atoms with Crippen LogP contribution in [0.3, 0.4) is 0 Å². The molecule has 1 aromatic heterocycles. The van der Waals surface area contributed by atoms with Crippen LogP contribution in [0.5, 0.6) is 0 Å². The van der Waals surface area contributed by atoms with Crippen molar-refractivity contribution in [1.29, 1.82) is 0 Å². The van der Waals surface area contributed by atoms with Crippen LogP contribution in [0.25, 0.3) is 0 Å². The Morgan fingerprint density at radius 1 is 1.32 bits per heavy atom. The molecule has 0 saturated carbocycles. The predicted molar refractivity (Wildman–Crippen MR) is 92.7 cm³/mol. The zero-order valence-electron chi connectivity index (χ0n) is 13.7. The molecule has 132 valence electrons. The summed E-state index contributed by atoms with van der Waals surface area (Å²) >= 11 is 0. The second kappa shape index (κ2) is 7.94. The van der Waals surface area contributed by atoms with Gasteiger partial charge in [-0.3, -0.25) is 0 Å². The van der Waals surface area contributed by atoms with Crippen LogP contribution in [0.4, 0.5) is 15.0 Å². The first kappa shape index (κ1) is 17.2. The molecule has 0 aliphatic carbocycles. The van der Waals surface area contributed by atoms with E-state index >= 15 is 0 Å². The number of benzene rings is 1. The van der Waals surface area contributed by atoms with Gasteiger partial charge in [0.05, 0.1) is 12.6 Å². The number of hydrogen-bond donors (Lipinski definition) is 3. The smallest absolute Gasteiger partial charge is 0.315 e. The van der Waals surface area contributed by atoms with Crippen molar-refractivity contribution in [3.63, 3.8) is 0 Å². The fourth-order valence-corrected chi connectivity index (χ4v) is 2.99. The first-order chi connectivity index (χ1) is 12.2. The van der Waals surface area contributed by atoms with Gasteiger partial charge < -0.3 is 20.6 Å². The monoisotopic (exact) mass is 344 g/mol. The Balaban J connectivity index is 1.54. The number of aromatic nitrogens is 1. The molecule has 2 aromatic rings. The molecule has 0 radical (unpaired) electrons. The average Bonchev–Trinajstić information content (AvgIpc) is 3.09. The largest absolute Gasteiger partial charge is 0.394 e. The van der Waals surface area contributed by atoms with Crippen molar-refractivity contribution in [2.24, 2.45) is 0 Å². The molecular formula is C18H21FN4O2. The molecular weight excluding hydrogens is 323 g/mol. The van der Waals surface area contributed by atoms with Crippen molar-refractivity contribution >= 4 is 11.8 Å². The van der Waals surface area contributed by atoms with Crippen LogP contribution < -0.4 is 15.5 Å². The molecule has 6 nitrogen and oxygen atoms in total. The summed E-state index contributed by atoms with van der Waals surface area (Å²) in [5.41, 5.74) is 0.837. The van der Waals surface area contributed by atoms with Crippen LogP contribution in [0.1, 0.15) is 18.0 Å². The Bertz CT molecular complexity index is 713. The van der Waals surface area contributed by atoms with E-state index in [1.165, 1.54) is 6.07 Å². The third-order valence-corrected chi connectivity index (χ3v) is 4.25. The number of carbonyl (C=O) groups excluding carboxylic acids is 1. The van der Waals surface area contributed by atoms with Gasteiger partial charge >= 0.3 is 6.03 Å². The average molecular weight is 344 g/mol. The number of carbonyl (C=O) groups is 1. The van der Waals surface area contributed by atoms with Gasteiger partial charge in [0.1, 0.15) is 0 Å². The number of halogens is 1. The summed E-state index contributed by atoms with van der Waals surface area (Å²) in [6, 6.07) is 11.3. The second-order valence-electron chi connectivity index (χ2n) is 6.00. The second-order valence-corrected chi connectivity index (χ2v) is 6.00. The molecule has 1 aliphatic rings. The van der Waals surface area contributed by atoms with Crippen LogP contribution in [0.2, 0.25) is 0 Å². The Hall–Kier alpha value is -2.67. The zero-order valence-corrected chi connectivity index (χ0v) is 13.7. The lowest BCUT2D eigenvalue weighted by atomic mass is 10.1. The molecule has 0 bridgehead atoms. The van der Waals surface area contributed by atoms with Gasteiger partial charge in [-0.2, -0.15) is 0 Å². The number of pyridine rings is 1. The van der Waals surface area contributed by atoms with Gasteiger partial charge in [-0.1, -0.05) is 30.3 Å². The van der Waals surface area contributed by atoms with Crippen molar-refractivity contribution in [3.05, 3.63) is 60.0 Å². The summed E-state index contributed by atoms with van der Waals surface area (Å²) in [7, 11) is 0. The third kappa shape index (κ3) is 4.24. The van der Waals surface area contributed by atoms with Gasteiger partial charge in [0.25, 0.3) is 0 Å². The number of amides is 2. The lowest BCUT2D eigenvalue weighted by Crippen LogP contribution is -2.45. The summed E-state index contributed by atoms with van der Waals surface area (Å²) in [5, 5.41) is 15.2. The van der Waals surface area contributed by atoms with Crippen molar-refractivity contribution in [3.8, 4) is 0 Å². The van der Waals surface area contributed by atoms with Gasteiger partial charge in [-0.25, -0.2) is 14.2 Å². The fraction of sp³-hybridized carbons (Fsp3) is 0.333. The molecule has 0 spiro atoms. The van der Waals surface area contributed by atoms with Gasteiger partial charge in [0.15, 0.2) is 11.6 Å². The van der Waals surface area contributed by atoms with E-state index in [9.17, 15) is 14.3 Å². The predicted octanol–water partition coefficient (Wildman–Crippen LogP) is 1.83. The highest BCUT2D eigenvalue weighted by molar-refractivity contribution is 5.75. The highest BCUT2D eigenvalue weighted by Gasteiger charge is 2.27. The molecule has 1 aromatic carbocycles. The maximum atomic E-state index is 13.8. The van der Waals surface area contributed by atoms with E-state index < -0.39 is 6.04 Å². The van der Waals surface area contributed by atoms with E-state index in [-0.39, 0.29) is 24.5 Å². The summed E-state index contributed by atoms with van der Waals surface area (Å²) in [6.45, 7) is 0.935. The fourth-order valence-electron chi connectivity index (χ4n) is 2.99. The van der Waals surface area contributed by atoms with Crippen LogP contribution in [-0.2, 0) is 0 Å². The number of urea groups is 1. The third-order valence-electron chi connectivity index (χ3n) is 4.25. The summed E-state index contributed by atoms with van der Waals surface area (Å²) in [6.07, 6.45) is 2.26. The SMILES string of the molecule is O=C(NC1CCN(c2ncccc2F)C1)NC(CO)c1ccccc1. The standard InChI is InChI=1S/C18H21FN4O2/c19-15-7-4-9-20-17(15)23-10-8-14(11-23)21-18(25)22-16(12-24)13-5-2-1-3-6-13/h1-7,9,14,16,24H,8,10-12H2,(H2,21,22,25). The Morgan fingerprint density at radius 3 is 2.84 bits per heavy atom. The Labute approximate surface area is 145 Å². The molecule has 2 heterocycles. The van der Waals surface area contributed by atoms with Crippen LogP contribution in [-0.4, -0.2) is 41.9 Å². The maximum Gasteiger partial charge on any atom is 0.315 e. The van der Waals surface area contributed by atoms with Crippen molar-refractivity contribution < 1.29 is 14.3 Å². The quantitative estimate of drug-likeness (QED) is 0.773. The molecule has 3 N–H and O–H groups in total. The highest BCUT2D eigenvalue weighted by Crippen LogP contribution is 2.20. The van der Waals surface area contributed by atoms with Crippen molar-refractivity contribution in [2.75, 3.05) is 24.6 Å². The maximum absolute atomic E-state index is 13.8. The van der Waals surface area contributed by atoms with E-state index in [4.69, 9.17) is 0 Å². The van der Waals surface area contributed by atoms with E-state index in [0.717, 1.165) is 5.56 Å². The topological polar surface area (TPSA) is 77.5 Å². The summed E-state index contributed by atoms with van der Waals surface area (Å²) in [5.74, 6) is -0.0539. The van der Waals surface area contributed by atoms with E-state index in [2.05, 4.69) is 15.6 Å². The normalized spacial score (nSPS) is 18.0. The van der Waals surface area contributed by atoms with E-state index in [1.54, 1.807) is 12.3 Å². The van der Waals surface area contributed by atoms with Gasteiger partial charge in [-0.05, 0) is 24.1 Å². The number of aliphatic hydroxyl groups excluding tert-OH is 1.